The third-order valence-corrected chi connectivity index (χ3v) is 10.0. The lowest BCUT2D eigenvalue weighted by atomic mass is 10.0. The molecule has 0 aromatic carbocycles. The first-order valence-electron chi connectivity index (χ1n) is 22.4. The second-order valence-electron chi connectivity index (χ2n) is 15.8. The fourth-order valence-electron chi connectivity index (χ4n) is 6.63. The third-order valence-electron chi connectivity index (χ3n) is 10.0. The summed E-state index contributed by atoms with van der Waals surface area (Å²) in [6.45, 7) is 8.86. The molecule has 0 saturated carbocycles. The number of hydrogen-bond acceptors (Lipinski definition) is 6. The van der Waals surface area contributed by atoms with Crippen molar-refractivity contribution in [3.63, 3.8) is 0 Å². The number of hydrogen-bond donors (Lipinski definition) is 0. The normalized spacial score (nSPS) is 11.9. The van der Waals surface area contributed by atoms with E-state index in [1.54, 1.807) is 0 Å². The standard InChI is InChI=1S/C45H86O6/c1-5-7-9-11-12-13-14-15-16-17-18-19-20-21-22-25-29-33-37-44(47)50-40-42(39-49-43(46)36-32-27-10-8-6-2)51-45(48)38-34-30-26-23-24-28-31-35-41(3)4/h41-42H,5-40H2,1-4H3/t42-/m1/s1. The molecule has 0 aliphatic heterocycles. The van der Waals surface area contributed by atoms with Crippen molar-refractivity contribution in [3.8, 4) is 0 Å². The van der Waals surface area contributed by atoms with Crippen LogP contribution in [-0.2, 0) is 28.6 Å². The van der Waals surface area contributed by atoms with Crippen LogP contribution in [0.15, 0.2) is 0 Å². The van der Waals surface area contributed by atoms with Gasteiger partial charge in [0.15, 0.2) is 6.10 Å². The Labute approximate surface area is 317 Å². The molecule has 51 heavy (non-hydrogen) atoms. The topological polar surface area (TPSA) is 78.9 Å². The van der Waals surface area contributed by atoms with E-state index in [0.29, 0.717) is 19.3 Å². The monoisotopic (exact) mass is 723 g/mol. The maximum absolute atomic E-state index is 12.6. The molecule has 1 atom stereocenters. The Hall–Kier alpha value is -1.59. The van der Waals surface area contributed by atoms with E-state index in [1.807, 2.05) is 0 Å². The van der Waals surface area contributed by atoms with Crippen molar-refractivity contribution >= 4 is 17.9 Å². The van der Waals surface area contributed by atoms with Crippen molar-refractivity contribution in [2.24, 2.45) is 5.92 Å². The predicted molar refractivity (Wildman–Crippen MR) is 215 cm³/mol. The number of unbranched alkanes of at least 4 members (excludes halogenated alkanes) is 27. The summed E-state index contributed by atoms with van der Waals surface area (Å²) < 4.78 is 16.6. The van der Waals surface area contributed by atoms with Crippen LogP contribution in [-0.4, -0.2) is 37.2 Å². The fourth-order valence-corrected chi connectivity index (χ4v) is 6.63. The number of esters is 3. The van der Waals surface area contributed by atoms with Crippen LogP contribution in [0, 0.1) is 5.92 Å². The van der Waals surface area contributed by atoms with Crippen molar-refractivity contribution in [1.29, 1.82) is 0 Å². The highest BCUT2D eigenvalue weighted by molar-refractivity contribution is 5.71. The molecule has 6 nitrogen and oxygen atoms in total. The smallest absolute Gasteiger partial charge is 0.306 e. The molecular weight excluding hydrogens is 636 g/mol. The summed E-state index contributed by atoms with van der Waals surface area (Å²) in [6.07, 6.45) is 38.5. The van der Waals surface area contributed by atoms with Gasteiger partial charge >= 0.3 is 17.9 Å². The first-order chi connectivity index (χ1) is 24.9. The SMILES string of the molecule is CCCCCCCCCCCCCCCCCCCCC(=O)OC[C@@H](COC(=O)CCCCCCC)OC(=O)CCCCCCCCCC(C)C. The first kappa shape index (κ1) is 49.4. The van der Waals surface area contributed by atoms with Crippen molar-refractivity contribution in [2.45, 2.75) is 252 Å². The highest BCUT2D eigenvalue weighted by Crippen LogP contribution is 2.16. The zero-order valence-electron chi connectivity index (χ0n) is 34.6. The van der Waals surface area contributed by atoms with Crippen molar-refractivity contribution in [2.75, 3.05) is 13.2 Å². The molecule has 0 bridgehead atoms. The Morgan fingerprint density at radius 2 is 0.647 bits per heavy atom. The van der Waals surface area contributed by atoms with E-state index in [9.17, 15) is 14.4 Å². The lowest BCUT2D eigenvalue weighted by Gasteiger charge is -2.18. The van der Waals surface area contributed by atoms with Gasteiger partial charge in [-0.3, -0.25) is 14.4 Å². The van der Waals surface area contributed by atoms with Crippen LogP contribution in [0.1, 0.15) is 246 Å². The summed E-state index contributed by atoms with van der Waals surface area (Å²) in [5.41, 5.74) is 0. The lowest BCUT2D eigenvalue weighted by Crippen LogP contribution is -2.30. The molecule has 0 unspecified atom stereocenters. The van der Waals surface area contributed by atoms with E-state index in [0.717, 1.165) is 70.1 Å². The Morgan fingerprint density at radius 3 is 0.961 bits per heavy atom. The molecule has 0 aromatic heterocycles. The van der Waals surface area contributed by atoms with Gasteiger partial charge in [-0.15, -0.1) is 0 Å². The molecule has 0 radical (unpaired) electrons. The third kappa shape index (κ3) is 39.5. The van der Waals surface area contributed by atoms with Gasteiger partial charge in [-0.1, -0.05) is 207 Å². The molecule has 0 aliphatic rings. The van der Waals surface area contributed by atoms with Gasteiger partial charge < -0.3 is 14.2 Å². The Morgan fingerprint density at radius 1 is 0.373 bits per heavy atom. The Balaban J connectivity index is 4.11. The predicted octanol–water partition coefficient (Wildman–Crippen LogP) is 13.9. The van der Waals surface area contributed by atoms with Gasteiger partial charge in [-0.05, 0) is 25.2 Å². The van der Waals surface area contributed by atoms with E-state index in [4.69, 9.17) is 14.2 Å². The van der Waals surface area contributed by atoms with E-state index in [1.165, 1.54) is 135 Å². The zero-order chi connectivity index (χ0) is 37.5. The van der Waals surface area contributed by atoms with Crippen LogP contribution in [0.25, 0.3) is 0 Å². The molecule has 302 valence electrons. The molecule has 0 spiro atoms. The summed E-state index contributed by atoms with van der Waals surface area (Å²) in [6, 6.07) is 0. The molecular formula is C45H86O6. The maximum atomic E-state index is 12.6. The van der Waals surface area contributed by atoms with Crippen LogP contribution < -0.4 is 0 Å². The maximum Gasteiger partial charge on any atom is 0.306 e. The average molecular weight is 723 g/mol. The largest absolute Gasteiger partial charge is 0.462 e. The summed E-state index contributed by atoms with van der Waals surface area (Å²) in [7, 11) is 0. The molecule has 0 aromatic rings. The highest BCUT2D eigenvalue weighted by Gasteiger charge is 2.19. The van der Waals surface area contributed by atoms with E-state index < -0.39 is 6.10 Å². The van der Waals surface area contributed by atoms with Crippen molar-refractivity contribution in [1.82, 2.24) is 0 Å². The van der Waals surface area contributed by atoms with Gasteiger partial charge in [0.2, 0.25) is 0 Å². The molecule has 0 rings (SSSR count). The second-order valence-corrected chi connectivity index (χ2v) is 15.8. The number of carbonyl (C=O) groups excluding carboxylic acids is 3. The van der Waals surface area contributed by atoms with Gasteiger partial charge in [0.25, 0.3) is 0 Å². The minimum Gasteiger partial charge on any atom is -0.462 e. The van der Waals surface area contributed by atoms with E-state index in [-0.39, 0.29) is 31.1 Å². The van der Waals surface area contributed by atoms with Gasteiger partial charge in [-0.25, -0.2) is 0 Å². The summed E-state index contributed by atoms with van der Waals surface area (Å²) in [4.78, 5) is 37.4. The fraction of sp³-hybridized carbons (Fsp3) is 0.933. The molecule has 0 saturated heterocycles. The van der Waals surface area contributed by atoms with Gasteiger partial charge in [0.05, 0.1) is 0 Å². The number of ether oxygens (including phenoxy) is 3. The minimum absolute atomic E-state index is 0.0657. The van der Waals surface area contributed by atoms with E-state index in [2.05, 4.69) is 27.7 Å². The average Bonchev–Trinajstić information content (AvgIpc) is 3.11. The Kier molecular flexibility index (Phi) is 38.4. The van der Waals surface area contributed by atoms with Gasteiger partial charge in [-0.2, -0.15) is 0 Å². The summed E-state index contributed by atoms with van der Waals surface area (Å²) in [5.74, 6) is -0.0952. The first-order valence-corrected chi connectivity index (χ1v) is 22.4. The Bertz CT molecular complexity index is 766. The van der Waals surface area contributed by atoms with Gasteiger partial charge in [0, 0.05) is 19.3 Å². The van der Waals surface area contributed by atoms with Crippen molar-refractivity contribution in [3.05, 3.63) is 0 Å². The number of rotatable bonds is 40. The van der Waals surface area contributed by atoms with Crippen LogP contribution in [0.3, 0.4) is 0 Å². The van der Waals surface area contributed by atoms with Crippen LogP contribution in [0.5, 0.6) is 0 Å². The summed E-state index contributed by atoms with van der Waals surface area (Å²) >= 11 is 0. The lowest BCUT2D eigenvalue weighted by molar-refractivity contribution is -0.167. The van der Waals surface area contributed by atoms with Crippen LogP contribution in [0.2, 0.25) is 0 Å². The van der Waals surface area contributed by atoms with Gasteiger partial charge in [0.1, 0.15) is 13.2 Å². The van der Waals surface area contributed by atoms with Crippen LogP contribution in [0.4, 0.5) is 0 Å². The van der Waals surface area contributed by atoms with Crippen molar-refractivity contribution < 1.29 is 28.6 Å². The zero-order valence-corrected chi connectivity index (χ0v) is 34.6. The summed E-state index contributed by atoms with van der Waals surface area (Å²) in [5, 5.41) is 0. The molecule has 0 amide bonds. The quantitative estimate of drug-likeness (QED) is 0.0356. The molecule has 0 fully saturated rings. The molecule has 6 heteroatoms. The highest BCUT2D eigenvalue weighted by atomic mass is 16.6. The number of carbonyl (C=O) groups is 3. The minimum atomic E-state index is -0.758. The van der Waals surface area contributed by atoms with E-state index >= 15 is 0 Å². The second kappa shape index (κ2) is 39.6. The molecule has 0 N–H and O–H groups in total. The molecule has 0 aliphatic carbocycles. The van der Waals surface area contributed by atoms with Crippen LogP contribution >= 0.6 is 0 Å². The molecule has 0 heterocycles.